The van der Waals surface area contributed by atoms with E-state index in [9.17, 15) is 14.7 Å². The van der Waals surface area contributed by atoms with Crippen LogP contribution in [-0.2, 0) is 4.79 Å². The highest BCUT2D eigenvalue weighted by atomic mass is 16.4. The zero-order chi connectivity index (χ0) is 15.3. The SMILES string of the molecule is CCC(C)N(CC)C(=O)N1CCC(CC)(C(=O)O)CC1. The maximum absolute atomic E-state index is 12.5. The summed E-state index contributed by atoms with van der Waals surface area (Å²) in [5, 5.41) is 9.38. The first kappa shape index (κ1) is 16.8. The maximum Gasteiger partial charge on any atom is 0.320 e. The Labute approximate surface area is 121 Å². The van der Waals surface area contributed by atoms with Gasteiger partial charge in [-0.25, -0.2) is 4.79 Å². The standard InChI is InChI=1S/C15H28N2O3/c1-5-12(4)17(7-3)14(20)16-10-8-15(6-2,9-11-16)13(18)19/h12H,5-11H2,1-4H3,(H,18,19). The Morgan fingerprint density at radius 1 is 1.25 bits per heavy atom. The third kappa shape index (κ3) is 3.25. The number of carbonyl (C=O) groups excluding carboxylic acids is 1. The lowest BCUT2D eigenvalue weighted by atomic mass is 9.76. The Morgan fingerprint density at radius 3 is 2.15 bits per heavy atom. The molecule has 1 saturated heterocycles. The summed E-state index contributed by atoms with van der Waals surface area (Å²) in [6.07, 6.45) is 2.68. The Hall–Kier alpha value is -1.26. The van der Waals surface area contributed by atoms with E-state index in [1.807, 2.05) is 23.6 Å². The van der Waals surface area contributed by atoms with Crippen LogP contribution in [0.4, 0.5) is 4.79 Å². The van der Waals surface area contributed by atoms with Crippen LogP contribution in [0.5, 0.6) is 0 Å². The Kier molecular flexibility index (Phi) is 5.84. The highest BCUT2D eigenvalue weighted by molar-refractivity contribution is 5.77. The van der Waals surface area contributed by atoms with E-state index in [0.717, 1.165) is 6.42 Å². The molecule has 1 aliphatic rings. The monoisotopic (exact) mass is 284 g/mol. The molecular formula is C15H28N2O3. The lowest BCUT2D eigenvalue weighted by Crippen LogP contribution is -2.52. The number of amides is 2. The van der Waals surface area contributed by atoms with Gasteiger partial charge in [0.25, 0.3) is 0 Å². The van der Waals surface area contributed by atoms with Crippen LogP contribution in [0.3, 0.4) is 0 Å². The fourth-order valence-electron chi connectivity index (χ4n) is 2.88. The van der Waals surface area contributed by atoms with Crippen LogP contribution in [0.15, 0.2) is 0 Å². The van der Waals surface area contributed by atoms with E-state index >= 15 is 0 Å². The number of rotatable bonds is 5. The van der Waals surface area contributed by atoms with Crippen LogP contribution in [0.25, 0.3) is 0 Å². The van der Waals surface area contributed by atoms with Gasteiger partial charge in [-0.15, -0.1) is 0 Å². The molecule has 0 aromatic carbocycles. The summed E-state index contributed by atoms with van der Waals surface area (Å²) in [6, 6.07) is 0.279. The van der Waals surface area contributed by atoms with Crippen LogP contribution in [0.1, 0.15) is 53.4 Å². The first-order valence-electron chi connectivity index (χ1n) is 7.70. The van der Waals surface area contributed by atoms with Crippen molar-refractivity contribution < 1.29 is 14.7 Å². The molecule has 0 bridgehead atoms. The van der Waals surface area contributed by atoms with Gasteiger partial charge in [-0.3, -0.25) is 4.79 Å². The van der Waals surface area contributed by atoms with Crippen molar-refractivity contribution in [2.75, 3.05) is 19.6 Å². The van der Waals surface area contributed by atoms with Crippen molar-refractivity contribution in [1.82, 2.24) is 9.80 Å². The molecule has 0 radical (unpaired) electrons. The topological polar surface area (TPSA) is 60.9 Å². The fourth-order valence-corrected chi connectivity index (χ4v) is 2.88. The normalized spacial score (nSPS) is 19.5. The molecule has 20 heavy (non-hydrogen) atoms. The van der Waals surface area contributed by atoms with E-state index in [1.165, 1.54) is 0 Å². The van der Waals surface area contributed by atoms with Crippen molar-refractivity contribution in [3.8, 4) is 0 Å². The van der Waals surface area contributed by atoms with E-state index in [0.29, 0.717) is 38.9 Å². The van der Waals surface area contributed by atoms with Crippen molar-refractivity contribution in [1.29, 1.82) is 0 Å². The number of likely N-dealkylation sites (tertiary alicyclic amines) is 1. The molecule has 0 aromatic heterocycles. The summed E-state index contributed by atoms with van der Waals surface area (Å²) in [5.74, 6) is -0.721. The molecule has 1 heterocycles. The summed E-state index contributed by atoms with van der Waals surface area (Å²) < 4.78 is 0. The highest BCUT2D eigenvalue weighted by Crippen LogP contribution is 2.35. The third-order valence-corrected chi connectivity index (χ3v) is 4.83. The second-order valence-electron chi connectivity index (χ2n) is 5.75. The van der Waals surface area contributed by atoms with Gasteiger partial charge in [0.1, 0.15) is 0 Å². The predicted molar refractivity (Wildman–Crippen MR) is 78.7 cm³/mol. The summed E-state index contributed by atoms with van der Waals surface area (Å²) in [7, 11) is 0. The Balaban J connectivity index is 2.69. The van der Waals surface area contributed by atoms with Crippen LogP contribution in [0, 0.1) is 5.41 Å². The molecule has 1 unspecified atom stereocenters. The van der Waals surface area contributed by atoms with Crippen molar-refractivity contribution in [3.63, 3.8) is 0 Å². The molecular weight excluding hydrogens is 256 g/mol. The Bertz CT molecular complexity index is 349. The smallest absolute Gasteiger partial charge is 0.320 e. The van der Waals surface area contributed by atoms with Crippen molar-refractivity contribution in [2.45, 2.75) is 59.4 Å². The molecule has 0 aliphatic carbocycles. The summed E-state index contributed by atoms with van der Waals surface area (Å²) in [5.41, 5.74) is -0.635. The minimum absolute atomic E-state index is 0.0527. The molecule has 0 aromatic rings. The molecule has 116 valence electrons. The maximum atomic E-state index is 12.5. The molecule has 1 atom stereocenters. The van der Waals surface area contributed by atoms with Gasteiger partial charge in [-0.2, -0.15) is 0 Å². The quantitative estimate of drug-likeness (QED) is 0.844. The lowest BCUT2D eigenvalue weighted by Gasteiger charge is -2.41. The van der Waals surface area contributed by atoms with Gasteiger partial charge < -0.3 is 14.9 Å². The second kappa shape index (κ2) is 6.95. The fraction of sp³-hybridized carbons (Fsp3) is 0.867. The molecule has 0 spiro atoms. The predicted octanol–water partition coefficient (Wildman–Crippen LogP) is 2.80. The molecule has 1 N–H and O–H groups in total. The summed E-state index contributed by atoms with van der Waals surface area (Å²) in [6.45, 7) is 9.83. The van der Waals surface area contributed by atoms with E-state index in [1.54, 1.807) is 0 Å². The van der Waals surface area contributed by atoms with Crippen LogP contribution in [0.2, 0.25) is 0 Å². The van der Waals surface area contributed by atoms with Crippen molar-refractivity contribution in [2.24, 2.45) is 5.41 Å². The van der Waals surface area contributed by atoms with E-state index in [-0.39, 0.29) is 12.1 Å². The number of carbonyl (C=O) groups is 2. The highest BCUT2D eigenvalue weighted by Gasteiger charge is 2.41. The van der Waals surface area contributed by atoms with E-state index < -0.39 is 11.4 Å². The third-order valence-electron chi connectivity index (χ3n) is 4.83. The average Bonchev–Trinajstić information content (AvgIpc) is 2.47. The van der Waals surface area contributed by atoms with Gasteiger partial charge in [0.2, 0.25) is 0 Å². The van der Waals surface area contributed by atoms with Crippen LogP contribution in [-0.4, -0.2) is 52.6 Å². The molecule has 1 fully saturated rings. The minimum atomic E-state index is -0.721. The lowest BCUT2D eigenvalue weighted by molar-refractivity contribution is -0.152. The Morgan fingerprint density at radius 2 is 1.80 bits per heavy atom. The molecule has 0 saturated carbocycles. The zero-order valence-corrected chi connectivity index (χ0v) is 13.2. The number of carboxylic acid groups (broad SMARTS) is 1. The van der Waals surface area contributed by atoms with Gasteiger partial charge in [0, 0.05) is 25.7 Å². The van der Waals surface area contributed by atoms with Gasteiger partial charge in [0.05, 0.1) is 5.41 Å². The van der Waals surface area contributed by atoms with Crippen molar-refractivity contribution in [3.05, 3.63) is 0 Å². The summed E-state index contributed by atoms with van der Waals surface area (Å²) >= 11 is 0. The molecule has 5 nitrogen and oxygen atoms in total. The second-order valence-corrected chi connectivity index (χ2v) is 5.75. The summed E-state index contributed by atoms with van der Waals surface area (Å²) in [4.78, 5) is 27.6. The van der Waals surface area contributed by atoms with E-state index in [2.05, 4.69) is 13.8 Å². The molecule has 1 aliphatic heterocycles. The number of hydrogen-bond donors (Lipinski definition) is 1. The number of piperidine rings is 1. The van der Waals surface area contributed by atoms with Crippen LogP contribution < -0.4 is 0 Å². The number of urea groups is 1. The van der Waals surface area contributed by atoms with Crippen LogP contribution >= 0.6 is 0 Å². The van der Waals surface area contributed by atoms with Gasteiger partial charge in [-0.1, -0.05) is 13.8 Å². The minimum Gasteiger partial charge on any atom is -0.481 e. The first-order valence-corrected chi connectivity index (χ1v) is 7.70. The number of nitrogens with zero attached hydrogens (tertiary/aromatic N) is 2. The van der Waals surface area contributed by atoms with Gasteiger partial charge >= 0.3 is 12.0 Å². The van der Waals surface area contributed by atoms with Gasteiger partial charge in [-0.05, 0) is 39.5 Å². The zero-order valence-electron chi connectivity index (χ0n) is 13.2. The molecule has 1 rings (SSSR count). The number of hydrogen-bond acceptors (Lipinski definition) is 2. The largest absolute Gasteiger partial charge is 0.481 e. The average molecular weight is 284 g/mol. The number of carboxylic acids is 1. The first-order chi connectivity index (χ1) is 9.41. The van der Waals surface area contributed by atoms with E-state index in [4.69, 9.17) is 0 Å². The van der Waals surface area contributed by atoms with Crippen molar-refractivity contribution >= 4 is 12.0 Å². The van der Waals surface area contributed by atoms with Gasteiger partial charge in [0.15, 0.2) is 0 Å². The number of aliphatic carboxylic acids is 1. The molecule has 2 amide bonds. The molecule has 5 heteroatoms.